The molecule has 0 radical (unpaired) electrons. The number of esters is 1. The Morgan fingerprint density at radius 2 is 1.71 bits per heavy atom. The van der Waals surface area contributed by atoms with Gasteiger partial charge in [-0.05, 0) is 48.7 Å². The molecule has 0 aromatic heterocycles. The number of hydrogen-bond acceptors (Lipinski definition) is 5. The van der Waals surface area contributed by atoms with Crippen molar-refractivity contribution in [1.29, 1.82) is 0 Å². The van der Waals surface area contributed by atoms with Gasteiger partial charge in [0.25, 0.3) is 5.91 Å². The lowest BCUT2D eigenvalue weighted by Gasteiger charge is -2.09. The highest BCUT2D eigenvalue weighted by atomic mass is 79.9. The molecule has 4 rings (SSSR count). The van der Waals surface area contributed by atoms with Crippen LogP contribution in [0.15, 0.2) is 94.5 Å². The van der Waals surface area contributed by atoms with E-state index in [-0.39, 0.29) is 6.61 Å². The van der Waals surface area contributed by atoms with Crippen molar-refractivity contribution >= 4 is 44.8 Å². The van der Waals surface area contributed by atoms with E-state index >= 15 is 0 Å². The fourth-order valence-electron chi connectivity index (χ4n) is 3.23. The van der Waals surface area contributed by atoms with Crippen LogP contribution in [0.2, 0.25) is 0 Å². The van der Waals surface area contributed by atoms with E-state index in [0.717, 1.165) is 20.8 Å². The van der Waals surface area contributed by atoms with Crippen molar-refractivity contribution in [3.05, 3.63) is 106 Å². The molecular weight excluding hydrogens is 496 g/mol. The lowest BCUT2D eigenvalue weighted by atomic mass is 10.1. The molecule has 0 aliphatic rings. The van der Waals surface area contributed by atoms with Crippen molar-refractivity contribution in [2.75, 3.05) is 6.61 Å². The Labute approximate surface area is 205 Å². The van der Waals surface area contributed by atoms with Crippen LogP contribution in [-0.4, -0.2) is 24.7 Å². The first-order chi connectivity index (χ1) is 16.5. The van der Waals surface area contributed by atoms with Crippen molar-refractivity contribution < 1.29 is 19.1 Å². The molecule has 4 aromatic carbocycles. The van der Waals surface area contributed by atoms with Gasteiger partial charge in [-0.25, -0.2) is 10.2 Å². The highest BCUT2D eigenvalue weighted by Gasteiger charge is 2.12. The third-order valence-corrected chi connectivity index (χ3v) is 5.46. The summed E-state index contributed by atoms with van der Waals surface area (Å²) in [7, 11) is 0. The predicted molar refractivity (Wildman–Crippen MR) is 135 cm³/mol. The van der Waals surface area contributed by atoms with Crippen molar-refractivity contribution in [1.82, 2.24) is 5.43 Å². The number of hydrazone groups is 1. The van der Waals surface area contributed by atoms with Crippen molar-refractivity contribution in [2.45, 2.75) is 6.92 Å². The van der Waals surface area contributed by atoms with Gasteiger partial charge in [0.05, 0.1) is 11.8 Å². The standard InChI is InChI=1S/C27H21BrN2O4/c1-18-9-11-20(12-10-18)27(32)34-24-14-13-22(28)15-21(24)16-29-30-26(31)17-33-25-8-4-6-19-5-2-3-7-23(19)25/h2-16H,17H2,1H3,(H,30,31)/b29-16+. The number of hydrogen-bond donors (Lipinski definition) is 1. The van der Waals surface area contributed by atoms with E-state index in [1.54, 1.807) is 30.3 Å². The van der Waals surface area contributed by atoms with Gasteiger partial charge < -0.3 is 9.47 Å². The molecule has 0 heterocycles. The molecule has 4 aromatic rings. The predicted octanol–water partition coefficient (Wildman–Crippen LogP) is 5.66. The van der Waals surface area contributed by atoms with Gasteiger partial charge >= 0.3 is 5.97 Å². The summed E-state index contributed by atoms with van der Waals surface area (Å²) in [5, 5.41) is 5.95. The third kappa shape index (κ3) is 5.88. The van der Waals surface area contributed by atoms with Crippen LogP contribution in [0.1, 0.15) is 21.5 Å². The Balaban J connectivity index is 1.39. The van der Waals surface area contributed by atoms with Crippen LogP contribution >= 0.6 is 15.9 Å². The van der Waals surface area contributed by atoms with Gasteiger partial charge in [-0.3, -0.25) is 4.79 Å². The highest BCUT2D eigenvalue weighted by molar-refractivity contribution is 9.10. The zero-order valence-corrected chi connectivity index (χ0v) is 19.9. The first-order valence-electron chi connectivity index (χ1n) is 10.5. The molecule has 0 aliphatic heterocycles. The third-order valence-electron chi connectivity index (χ3n) is 4.96. The quantitative estimate of drug-likeness (QED) is 0.149. The fraction of sp³-hybridized carbons (Fsp3) is 0.0741. The molecule has 6 nitrogen and oxygen atoms in total. The summed E-state index contributed by atoms with van der Waals surface area (Å²) in [5.41, 5.74) is 4.45. The van der Waals surface area contributed by atoms with Gasteiger partial charge in [0.1, 0.15) is 11.5 Å². The first-order valence-corrected chi connectivity index (χ1v) is 11.3. The molecule has 0 unspecified atom stereocenters. The Morgan fingerprint density at radius 3 is 2.53 bits per heavy atom. The van der Waals surface area contributed by atoms with Crippen LogP contribution in [0, 0.1) is 6.92 Å². The summed E-state index contributed by atoms with van der Waals surface area (Å²) in [6.45, 7) is 1.75. The molecule has 34 heavy (non-hydrogen) atoms. The number of rotatable bonds is 7. The van der Waals surface area contributed by atoms with Gasteiger partial charge in [0, 0.05) is 15.4 Å². The van der Waals surface area contributed by atoms with Crippen LogP contribution in [-0.2, 0) is 4.79 Å². The van der Waals surface area contributed by atoms with Crippen LogP contribution in [0.3, 0.4) is 0 Å². The van der Waals surface area contributed by atoms with E-state index in [0.29, 0.717) is 22.6 Å². The first kappa shape index (κ1) is 23.2. The SMILES string of the molecule is Cc1ccc(C(=O)Oc2ccc(Br)cc2/C=N/NC(=O)COc2cccc3ccccc23)cc1. The van der Waals surface area contributed by atoms with Gasteiger partial charge in [0.15, 0.2) is 6.61 Å². The van der Waals surface area contributed by atoms with E-state index in [2.05, 4.69) is 26.5 Å². The second-order valence-corrected chi connectivity index (χ2v) is 8.41. The van der Waals surface area contributed by atoms with Crippen molar-refractivity contribution in [2.24, 2.45) is 5.10 Å². The molecular formula is C27H21BrN2O4. The highest BCUT2D eigenvalue weighted by Crippen LogP contribution is 2.25. The van der Waals surface area contributed by atoms with Crippen LogP contribution < -0.4 is 14.9 Å². The number of amides is 1. The molecule has 0 fully saturated rings. The topological polar surface area (TPSA) is 77.0 Å². The van der Waals surface area contributed by atoms with Gasteiger partial charge in [-0.15, -0.1) is 0 Å². The lowest BCUT2D eigenvalue weighted by Crippen LogP contribution is -2.24. The smallest absolute Gasteiger partial charge is 0.343 e. The van der Waals surface area contributed by atoms with E-state index in [9.17, 15) is 9.59 Å². The van der Waals surface area contributed by atoms with Gasteiger partial charge in [-0.2, -0.15) is 5.10 Å². The van der Waals surface area contributed by atoms with Gasteiger partial charge in [0.2, 0.25) is 0 Å². The molecule has 0 saturated carbocycles. The average molecular weight is 517 g/mol. The number of fused-ring (bicyclic) bond motifs is 1. The number of halogens is 1. The Bertz CT molecular complexity index is 1360. The summed E-state index contributed by atoms with van der Waals surface area (Å²) in [5.74, 6) is 0.0372. The number of carbonyl (C=O) groups excluding carboxylic acids is 2. The molecule has 7 heteroatoms. The van der Waals surface area contributed by atoms with E-state index in [1.165, 1.54) is 6.21 Å². The number of benzene rings is 4. The summed E-state index contributed by atoms with van der Waals surface area (Å²) >= 11 is 3.40. The largest absolute Gasteiger partial charge is 0.483 e. The Hall–Kier alpha value is -3.97. The number of nitrogens with one attached hydrogen (secondary N) is 1. The van der Waals surface area contributed by atoms with E-state index < -0.39 is 11.9 Å². The van der Waals surface area contributed by atoms with Crippen molar-refractivity contribution in [3.63, 3.8) is 0 Å². The van der Waals surface area contributed by atoms with Gasteiger partial charge in [-0.1, -0.05) is 70.0 Å². The zero-order chi connectivity index (χ0) is 23.9. The molecule has 1 amide bonds. The number of nitrogens with zero attached hydrogens (tertiary/aromatic N) is 1. The minimum absolute atomic E-state index is 0.195. The molecule has 0 bridgehead atoms. The molecule has 0 spiro atoms. The summed E-state index contributed by atoms with van der Waals surface area (Å²) in [4.78, 5) is 24.7. The molecule has 170 valence electrons. The maximum absolute atomic E-state index is 12.5. The normalized spacial score (nSPS) is 10.9. The number of aryl methyl sites for hydroxylation is 1. The van der Waals surface area contributed by atoms with E-state index in [4.69, 9.17) is 9.47 Å². The van der Waals surface area contributed by atoms with Crippen LogP contribution in [0.5, 0.6) is 11.5 Å². The van der Waals surface area contributed by atoms with E-state index in [1.807, 2.05) is 61.5 Å². The average Bonchev–Trinajstić information content (AvgIpc) is 2.84. The second kappa shape index (κ2) is 10.8. The second-order valence-electron chi connectivity index (χ2n) is 7.50. The van der Waals surface area contributed by atoms with Crippen LogP contribution in [0.25, 0.3) is 10.8 Å². The summed E-state index contributed by atoms with van der Waals surface area (Å²) in [6.07, 6.45) is 1.42. The lowest BCUT2D eigenvalue weighted by molar-refractivity contribution is -0.123. The van der Waals surface area contributed by atoms with Crippen LogP contribution in [0.4, 0.5) is 0 Å². The minimum Gasteiger partial charge on any atom is -0.483 e. The van der Waals surface area contributed by atoms with Crippen molar-refractivity contribution in [3.8, 4) is 11.5 Å². The molecule has 0 saturated heterocycles. The number of carbonyl (C=O) groups is 2. The molecule has 0 atom stereocenters. The Morgan fingerprint density at radius 1 is 0.941 bits per heavy atom. The molecule has 1 N–H and O–H groups in total. The fourth-order valence-corrected chi connectivity index (χ4v) is 3.61. The summed E-state index contributed by atoms with van der Waals surface area (Å²) in [6, 6.07) is 25.7. The molecule has 0 aliphatic carbocycles. The summed E-state index contributed by atoms with van der Waals surface area (Å²) < 4.78 is 12.0. The monoisotopic (exact) mass is 516 g/mol. The Kier molecular flexibility index (Phi) is 7.34. The number of ether oxygens (including phenoxy) is 2. The maximum atomic E-state index is 12.5. The minimum atomic E-state index is -0.482. The maximum Gasteiger partial charge on any atom is 0.343 e. The zero-order valence-electron chi connectivity index (χ0n) is 18.3.